The number of β-amino-alcohol motifs (C(OH)–C–C–N with tert-alkyl or cyclic N) is 1. The second-order valence-corrected chi connectivity index (χ2v) is 7.46. The molecule has 2 saturated heterocycles. The van der Waals surface area contributed by atoms with Crippen LogP contribution in [-0.4, -0.2) is 66.4 Å². The van der Waals surface area contributed by atoms with E-state index in [4.69, 9.17) is 4.74 Å². The highest BCUT2D eigenvalue weighted by molar-refractivity contribution is 5.39. The molecule has 0 aliphatic carbocycles. The van der Waals surface area contributed by atoms with E-state index in [-0.39, 0.29) is 0 Å². The Morgan fingerprint density at radius 1 is 1.08 bits per heavy atom. The molecule has 1 unspecified atom stereocenters. The summed E-state index contributed by atoms with van der Waals surface area (Å²) in [6.07, 6.45) is 4.80. The van der Waals surface area contributed by atoms with Gasteiger partial charge in [-0.2, -0.15) is 0 Å². The average molecular weight is 332 g/mol. The van der Waals surface area contributed by atoms with Gasteiger partial charge in [-0.05, 0) is 76.8 Å². The summed E-state index contributed by atoms with van der Waals surface area (Å²) in [4.78, 5) is 5.06. The minimum Gasteiger partial charge on any atom is -0.490 e. The third kappa shape index (κ3) is 4.50. The molecule has 4 heteroatoms. The van der Waals surface area contributed by atoms with Crippen LogP contribution in [0, 0.1) is 13.8 Å². The topological polar surface area (TPSA) is 35.9 Å². The van der Waals surface area contributed by atoms with Crippen LogP contribution in [0.2, 0.25) is 0 Å². The molecule has 134 valence electrons. The first-order valence-electron chi connectivity index (χ1n) is 9.47. The minimum atomic E-state index is -0.424. The van der Waals surface area contributed by atoms with Crippen molar-refractivity contribution in [3.05, 3.63) is 29.3 Å². The molecular formula is C20H32N2O2. The van der Waals surface area contributed by atoms with Gasteiger partial charge in [0.1, 0.15) is 18.5 Å². The van der Waals surface area contributed by atoms with E-state index in [2.05, 4.69) is 35.8 Å². The lowest BCUT2D eigenvalue weighted by Gasteiger charge is -2.37. The standard InChI is InChI=1S/C20H32N2O2/c1-16-6-5-7-17(2)20(16)24-15-19(23)14-21-12-8-18(9-13-21)22-10-3-4-11-22/h5-7,18-19,23H,3-4,8-15H2,1-2H3. The van der Waals surface area contributed by atoms with Crippen molar-refractivity contribution in [1.82, 2.24) is 9.80 Å². The van der Waals surface area contributed by atoms with E-state index in [1.807, 2.05) is 6.07 Å². The van der Waals surface area contributed by atoms with Gasteiger partial charge in [0.15, 0.2) is 0 Å². The lowest BCUT2D eigenvalue weighted by atomic mass is 10.0. The van der Waals surface area contributed by atoms with Crippen molar-refractivity contribution in [3.8, 4) is 5.75 Å². The number of likely N-dealkylation sites (tertiary alicyclic amines) is 2. The van der Waals surface area contributed by atoms with Crippen molar-refractivity contribution in [1.29, 1.82) is 0 Å². The number of para-hydroxylation sites is 1. The van der Waals surface area contributed by atoms with Crippen LogP contribution >= 0.6 is 0 Å². The summed E-state index contributed by atoms with van der Waals surface area (Å²) in [5.74, 6) is 0.921. The van der Waals surface area contributed by atoms with E-state index in [9.17, 15) is 5.11 Å². The van der Waals surface area contributed by atoms with E-state index in [0.717, 1.165) is 42.6 Å². The molecule has 24 heavy (non-hydrogen) atoms. The number of nitrogens with zero attached hydrogens (tertiary/aromatic N) is 2. The Hall–Kier alpha value is -1.10. The van der Waals surface area contributed by atoms with E-state index in [1.54, 1.807) is 0 Å². The molecule has 1 N–H and O–H groups in total. The van der Waals surface area contributed by atoms with Gasteiger partial charge in [0, 0.05) is 12.6 Å². The normalized spacial score (nSPS) is 22.0. The molecule has 4 nitrogen and oxygen atoms in total. The van der Waals surface area contributed by atoms with Gasteiger partial charge in [-0.15, -0.1) is 0 Å². The van der Waals surface area contributed by atoms with Crippen molar-refractivity contribution < 1.29 is 9.84 Å². The molecule has 1 atom stereocenters. The van der Waals surface area contributed by atoms with E-state index >= 15 is 0 Å². The Bertz CT molecular complexity index is 500. The van der Waals surface area contributed by atoms with Crippen molar-refractivity contribution in [2.75, 3.05) is 39.3 Å². The average Bonchev–Trinajstić information content (AvgIpc) is 3.09. The molecule has 0 amide bonds. The highest BCUT2D eigenvalue weighted by Crippen LogP contribution is 2.23. The predicted molar refractivity (Wildman–Crippen MR) is 97.7 cm³/mol. The Labute approximate surface area is 146 Å². The fraction of sp³-hybridized carbons (Fsp3) is 0.700. The zero-order valence-electron chi connectivity index (χ0n) is 15.2. The summed E-state index contributed by atoms with van der Waals surface area (Å²) in [6.45, 7) is 9.97. The Balaban J connectivity index is 1.40. The summed E-state index contributed by atoms with van der Waals surface area (Å²) in [6, 6.07) is 6.92. The quantitative estimate of drug-likeness (QED) is 0.869. The van der Waals surface area contributed by atoms with Gasteiger partial charge in [0.05, 0.1) is 0 Å². The molecule has 1 aromatic carbocycles. The van der Waals surface area contributed by atoms with Gasteiger partial charge < -0.3 is 19.6 Å². The van der Waals surface area contributed by atoms with E-state index < -0.39 is 6.10 Å². The zero-order valence-corrected chi connectivity index (χ0v) is 15.2. The minimum absolute atomic E-state index is 0.373. The molecule has 1 aromatic rings. The van der Waals surface area contributed by atoms with Crippen LogP contribution in [-0.2, 0) is 0 Å². The van der Waals surface area contributed by atoms with Gasteiger partial charge >= 0.3 is 0 Å². The Morgan fingerprint density at radius 2 is 1.71 bits per heavy atom. The largest absolute Gasteiger partial charge is 0.490 e. The lowest BCUT2D eigenvalue weighted by Crippen LogP contribution is -2.46. The molecule has 0 saturated carbocycles. The maximum Gasteiger partial charge on any atom is 0.125 e. The number of aliphatic hydroxyl groups is 1. The highest BCUT2D eigenvalue weighted by Gasteiger charge is 2.27. The summed E-state index contributed by atoms with van der Waals surface area (Å²) in [5, 5.41) is 10.3. The van der Waals surface area contributed by atoms with Crippen LogP contribution in [0.15, 0.2) is 18.2 Å². The Morgan fingerprint density at radius 3 is 2.33 bits per heavy atom. The zero-order chi connectivity index (χ0) is 16.9. The van der Waals surface area contributed by atoms with E-state index in [0.29, 0.717) is 6.61 Å². The van der Waals surface area contributed by atoms with Crippen LogP contribution in [0.1, 0.15) is 36.8 Å². The van der Waals surface area contributed by atoms with Crippen LogP contribution in [0.4, 0.5) is 0 Å². The summed E-state index contributed by atoms with van der Waals surface area (Å²) in [5.41, 5.74) is 2.27. The number of aryl methyl sites for hydroxylation is 2. The molecule has 3 rings (SSSR count). The van der Waals surface area contributed by atoms with Gasteiger partial charge in [-0.1, -0.05) is 18.2 Å². The predicted octanol–water partition coefficient (Wildman–Crippen LogP) is 2.60. The van der Waals surface area contributed by atoms with Gasteiger partial charge in [0.2, 0.25) is 0 Å². The third-order valence-corrected chi connectivity index (χ3v) is 5.51. The van der Waals surface area contributed by atoms with Crippen molar-refractivity contribution >= 4 is 0 Å². The Kier molecular flexibility index (Phi) is 6.14. The second kappa shape index (κ2) is 8.32. The van der Waals surface area contributed by atoms with Crippen LogP contribution in [0.3, 0.4) is 0 Å². The first-order valence-corrected chi connectivity index (χ1v) is 9.47. The molecule has 0 aromatic heterocycles. The first kappa shape index (κ1) is 17.7. The van der Waals surface area contributed by atoms with Crippen LogP contribution in [0.5, 0.6) is 5.75 Å². The smallest absolute Gasteiger partial charge is 0.125 e. The molecule has 2 fully saturated rings. The maximum atomic E-state index is 10.3. The van der Waals surface area contributed by atoms with Crippen LogP contribution < -0.4 is 4.74 Å². The van der Waals surface area contributed by atoms with Gasteiger partial charge in [-0.3, -0.25) is 0 Å². The second-order valence-electron chi connectivity index (χ2n) is 7.46. The molecule has 0 spiro atoms. The van der Waals surface area contributed by atoms with E-state index in [1.165, 1.54) is 38.8 Å². The highest BCUT2D eigenvalue weighted by atomic mass is 16.5. The summed E-state index contributed by atoms with van der Waals surface area (Å²) >= 11 is 0. The molecule has 0 radical (unpaired) electrons. The monoisotopic (exact) mass is 332 g/mol. The molecular weight excluding hydrogens is 300 g/mol. The van der Waals surface area contributed by atoms with Crippen molar-refractivity contribution in [2.24, 2.45) is 0 Å². The fourth-order valence-corrected chi connectivity index (χ4v) is 4.13. The number of aliphatic hydroxyl groups excluding tert-OH is 1. The number of piperidine rings is 1. The summed E-state index contributed by atoms with van der Waals surface area (Å²) < 4.78 is 5.89. The number of ether oxygens (including phenoxy) is 1. The third-order valence-electron chi connectivity index (χ3n) is 5.51. The molecule has 2 aliphatic heterocycles. The maximum absolute atomic E-state index is 10.3. The van der Waals surface area contributed by atoms with Crippen molar-refractivity contribution in [2.45, 2.75) is 51.7 Å². The number of hydrogen-bond donors (Lipinski definition) is 1. The fourth-order valence-electron chi connectivity index (χ4n) is 4.13. The number of hydrogen-bond acceptors (Lipinski definition) is 4. The van der Waals surface area contributed by atoms with Crippen LogP contribution in [0.25, 0.3) is 0 Å². The SMILES string of the molecule is Cc1cccc(C)c1OCC(O)CN1CCC(N2CCCC2)CC1. The number of benzene rings is 1. The van der Waals surface area contributed by atoms with Gasteiger partial charge in [0.25, 0.3) is 0 Å². The van der Waals surface area contributed by atoms with Gasteiger partial charge in [-0.25, -0.2) is 0 Å². The molecule has 0 bridgehead atoms. The van der Waals surface area contributed by atoms with Crippen molar-refractivity contribution in [3.63, 3.8) is 0 Å². The summed E-state index contributed by atoms with van der Waals surface area (Å²) in [7, 11) is 0. The first-order chi connectivity index (χ1) is 11.6. The molecule has 2 aliphatic rings. The number of rotatable bonds is 6. The lowest BCUT2D eigenvalue weighted by molar-refractivity contribution is 0.0473. The molecule has 2 heterocycles.